The third-order valence-corrected chi connectivity index (χ3v) is 3.18. The second kappa shape index (κ2) is 5.47. The molecular formula is C15H6ClF3N2. The van der Waals surface area contributed by atoms with E-state index in [4.69, 9.17) is 22.1 Å². The molecule has 0 aliphatic heterocycles. The van der Waals surface area contributed by atoms with Crippen molar-refractivity contribution in [3.05, 3.63) is 58.1 Å². The molecule has 2 aromatic carbocycles. The van der Waals surface area contributed by atoms with E-state index in [-0.39, 0.29) is 11.1 Å². The molecule has 2 rings (SSSR count). The van der Waals surface area contributed by atoms with Crippen molar-refractivity contribution in [3.63, 3.8) is 0 Å². The molecule has 21 heavy (non-hydrogen) atoms. The Bertz CT molecular complexity index is 783. The Labute approximate surface area is 123 Å². The molecule has 0 fully saturated rings. The first kappa shape index (κ1) is 14.9. The minimum atomic E-state index is -4.52. The van der Waals surface area contributed by atoms with Crippen LogP contribution in [0.3, 0.4) is 0 Å². The lowest BCUT2D eigenvalue weighted by atomic mass is 9.99. The van der Waals surface area contributed by atoms with E-state index < -0.39 is 16.8 Å². The molecule has 0 radical (unpaired) electrons. The van der Waals surface area contributed by atoms with Crippen LogP contribution in [0.2, 0.25) is 5.02 Å². The van der Waals surface area contributed by atoms with E-state index in [0.29, 0.717) is 11.1 Å². The lowest BCUT2D eigenvalue weighted by molar-refractivity contribution is -0.137. The molecule has 0 bridgehead atoms. The van der Waals surface area contributed by atoms with E-state index in [0.717, 1.165) is 6.07 Å². The van der Waals surface area contributed by atoms with Crippen molar-refractivity contribution in [1.82, 2.24) is 0 Å². The number of benzene rings is 2. The summed E-state index contributed by atoms with van der Waals surface area (Å²) in [6.45, 7) is 0. The van der Waals surface area contributed by atoms with E-state index in [1.54, 1.807) is 6.07 Å². The summed E-state index contributed by atoms with van der Waals surface area (Å²) in [6, 6.07) is 11.5. The van der Waals surface area contributed by atoms with E-state index in [1.807, 2.05) is 12.1 Å². The average molecular weight is 307 g/mol. The molecule has 0 aromatic heterocycles. The van der Waals surface area contributed by atoms with Gasteiger partial charge in [0.25, 0.3) is 0 Å². The summed E-state index contributed by atoms with van der Waals surface area (Å²) in [5.74, 6) is 0. The Kier molecular flexibility index (Phi) is 3.88. The van der Waals surface area contributed by atoms with Gasteiger partial charge in [-0.2, -0.15) is 23.7 Å². The molecule has 2 aromatic rings. The summed E-state index contributed by atoms with van der Waals surface area (Å²) in [6.07, 6.45) is -4.52. The van der Waals surface area contributed by atoms with Crippen LogP contribution in [0.15, 0.2) is 36.4 Å². The van der Waals surface area contributed by atoms with Crippen molar-refractivity contribution in [3.8, 4) is 23.3 Å². The van der Waals surface area contributed by atoms with Gasteiger partial charge in [0.05, 0.1) is 21.7 Å². The topological polar surface area (TPSA) is 47.6 Å². The molecular weight excluding hydrogens is 301 g/mol. The van der Waals surface area contributed by atoms with Gasteiger partial charge in [0.15, 0.2) is 0 Å². The smallest absolute Gasteiger partial charge is 0.192 e. The Morgan fingerprint density at radius 3 is 1.95 bits per heavy atom. The van der Waals surface area contributed by atoms with Crippen LogP contribution in [-0.2, 0) is 6.18 Å². The number of nitrogens with zero attached hydrogens (tertiary/aromatic N) is 2. The van der Waals surface area contributed by atoms with Gasteiger partial charge in [-0.3, -0.25) is 0 Å². The first-order valence-electron chi connectivity index (χ1n) is 5.68. The van der Waals surface area contributed by atoms with Crippen LogP contribution < -0.4 is 0 Å². The average Bonchev–Trinajstić information content (AvgIpc) is 2.45. The van der Waals surface area contributed by atoms with Gasteiger partial charge in [-0.15, -0.1) is 0 Å². The number of rotatable bonds is 1. The highest BCUT2D eigenvalue weighted by Gasteiger charge is 2.33. The third kappa shape index (κ3) is 2.99. The van der Waals surface area contributed by atoms with Crippen LogP contribution in [0.1, 0.15) is 16.7 Å². The minimum Gasteiger partial charge on any atom is -0.192 e. The fourth-order valence-electron chi connectivity index (χ4n) is 1.84. The van der Waals surface area contributed by atoms with Gasteiger partial charge in [0, 0.05) is 0 Å². The summed E-state index contributed by atoms with van der Waals surface area (Å²) in [7, 11) is 0. The second-order valence-electron chi connectivity index (χ2n) is 4.18. The van der Waals surface area contributed by atoms with Crippen molar-refractivity contribution < 1.29 is 13.2 Å². The van der Waals surface area contributed by atoms with Gasteiger partial charge in [0.1, 0.15) is 12.1 Å². The van der Waals surface area contributed by atoms with Crippen molar-refractivity contribution in [2.75, 3.05) is 0 Å². The first-order chi connectivity index (χ1) is 9.86. The lowest BCUT2D eigenvalue weighted by Crippen LogP contribution is -2.05. The summed E-state index contributed by atoms with van der Waals surface area (Å²) in [5, 5.41) is 17.4. The van der Waals surface area contributed by atoms with Crippen molar-refractivity contribution >= 4 is 11.6 Å². The van der Waals surface area contributed by atoms with Gasteiger partial charge in [-0.05, 0) is 35.4 Å². The van der Waals surface area contributed by atoms with Crippen molar-refractivity contribution in [2.45, 2.75) is 6.18 Å². The molecule has 104 valence electrons. The highest BCUT2D eigenvalue weighted by molar-refractivity contribution is 6.31. The molecule has 0 N–H and O–H groups in total. The lowest BCUT2D eigenvalue weighted by Gasteiger charge is -2.10. The van der Waals surface area contributed by atoms with E-state index in [9.17, 15) is 13.2 Å². The fraction of sp³-hybridized carbons (Fsp3) is 0.0667. The van der Waals surface area contributed by atoms with Gasteiger partial charge in [-0.25, -0.2) is 0 Å². The van der Waals surface area contributed by atoms with Gasteiger partial charge in [0.2, 0.25) is 0 Å². The van der Waals surface area contributed by atoms with E-state index in [2.05, 4.69) is 0 Å². The SMILES string of the molecule is N#Cc1ccc(-c2ccc(C(F)(F)F)c(Cl)c2)cc1C#N. The Morgan fingerprint density at radius 1 is 0.857 bits per heavy atom. The molecule has 0 spiro atoms. The molecule has 2 nitrogen and oxygen atoms in total. The predicted molar refractivity (Wildman–Crippen MR) is 71.3 cm³/mol. The zero-order chi connectivity index (χ0) is 15.6. The normalized spacial score (nSPS) is 10.8. The zero-order valence-electron chi connectivity index (χ0n) is 10.4. The number of halogens is 4. The number of nitriles is 2. The molecule has 0 aliphatic carbocycles. The Balaban J connectivity index is 2.52. The molecule has 6 heteroatoms. The molecule has 0 saturated heterocycles. The standard InChI is InChI=1S/C15H6ClF3N2/c16-14-6-10(3-4-13(14)15(17,18)19)9-1-2-11(7-20)12(5-9)8-21/h1-6H. The van der Waals surface area contributed by atoms with Gasteiger partial charge >= 0.3 is 6.18 Å². The maximum absolute atomic E-state index is 12.6. The summed E-state index contributed by atoms with van der Waals surface area (Å²) < 4.78 is 37.9. The van der Waals surface area contributed by atoms with Crippen LogP contribution in [0.4, 0.5) is 13.2 Å². The summed E-state index contributed by atoms with van der Waals surface area (Å²) in [5.41, 5.74) is 0.405. The summed E-state index contributed by atoms with van der Waals surface area (Å²) >= 11 is 5.66. The largest absolute Gasteiger partial charge is 0.417 e. The quantitative estimate of drug-likeness (QED) is 0.762. The highest BCUT2D eigenvalue weighted by atomic mass is 35.5. The fourth-order valence-corrected chi connectivity index (χ4v) is 2.13. The van der Waals surface area contributed by atoms with E-state index in [1.165, 1.54) is 24.3 Å². The molecule has 0 saturated carbocycles. The van der Waals surface area contributed by atoms with E-state index >= 15 is 0 Å². The van der Waals surface area contributed by atoms with Crippen LogP contribution in [0.5, 0.6) is 0 Å². The van der Waals surface area contributed by atoms with Crippen LogP contribution >= 0.6 is 11.6 Å². The maximum atomic E-state index is 12.6. The number of hydrogen-bond acceptors (Lipinski definition) is 2. The zero-order valence-corrected chi connectivity index (χ0v) is 11.1. The van der Waals surface area contributed by atoms with Crippen molar-refractivity contribution in [2.24, 2.45) is 0 Å². The Morgan fingerprint density at radius 2 is 1.43 bits per heavy atom. The first-order valence-corrected chi connectivity index (χ1v) is 6.06. The molecule has 0 aliphatic rings. The van der Waals surface area contributed by atoms with Crippen LogP contribution in [0, 0.1) is 22.7 Å². The maximum Gasteiger partial charge on any atom is 0.417 e. The van der Waals surface area contributed by atoms with Crippen LogP contribution in [-0.4, -0.2) is 0 Å². The van der Waals surface area contributed by atoms with Gasteiger partial charge in [-0.1, -0.05) is 23.7 Å². The minimum absolute atomic E-state index is 0.158. The predicted octanol–water partition coefficient (Wildman–Crippen LogP) is 4.77. The monoisotopic (exact) mass is 306 g/mol. The molecule has 0 amide bonds. The summed E-state index contributed by atoms with van der Waals surface area (Å²) in [4.78, 5) is 0. The van der Waals surface area contributed by atoms with Crippen LogP contribution in [0.25, 0.3) is 11.1 Å². The molecule has 0 atom stereocenters. The van der Waals surface area contributed by atoms with Crippen molar-refractivity contribution in [1.29, 1.82) is 10.5 Å². The Hall–Kier alpha value is -2.50. The molecule has 0 unspecified atom stereocenters. The third-order valence-electron chi connectivity index (χ3n) is 2.87. The van der Waals surface area contributed by atoms with Gasteiger partial charge < -0.3 is 0 Å². The molecule has 0 heterocycles. The highest BCUT2D eigenvalue weighted by Crippen LogP contribution is 2.36. The second-order valence-corrected chi connectivity index (χ2v) is 4.58. The number of alkyl halides is 3. The number of hydrogen-bond donors (Lipinski definition) is 0.